The molecule has 0 unspecified atom stereocenters. The van der Waals surface area contributed by atoms with Crippen molar-refractivity contribution in [1.29, 1.82) is 0 Å². The molecule has 2 aromatic heterocycles. The molecule has 3 aromatic carbocycles. The van der Waals surface area contributed by atoms with Gasteiger partial charge in [-0.3, -0.25) is 23.9 Å². The maximum absolute atomic E-state index is 15.2. The number of hydrogen-bond donors (Lipinski definition) is 1. The van der Waals surface area contributed by atoms with Crippen molar-refractivity contribution in [2.45, 2.75) is 51.9 Å². The van der Waals surface area contributed by atoms with E-state index in [0.717, 1.165) is 25.4 Å². The second-order valence-electron chi connectivity index (χ2n) is 16.3. The Labute approximate surface area is 358 Å². The standard InChI is InChI=1S/C44H35ClF6N4O6S/c1-5-61-32-12-20(6-10-31(32)56)36-25-8-9-26-35(40(59)54(38(26)57)24-14-21(43(46,47)48)13-22(15-24)44(49,50)51)28(25)17-29-39(58)55(41(60)42(29,36)3)34-18-30(52-53(34)4)37-19(2)27-16-23(45)7-11-33(27)62-37/h6-8,10-16,18,26,28-29,35-36,56H,5,9,17H2,1-4H3/t26-,28+,29-,35-,36-,42+/m0/s1. The van der Waals surface area contributed by atoms with Crippen LogP contribution >= 0.6 is 22.9 Å². The molecule has 4 heterocycles. The van der Waals surface area contributed by atoms with E-state index >= 15 is 4.79 Å². The number of anilines is 2. The number of aromatic nitrogens is 2. The second-order valence-corrected chi connectivity index (χ2v) is 17.8. The van der Waals surface area contributed by atoms with E-state index in [9.17, 15) is 45.8 Å². The zero-order valence-corrected chi connectivity index (χ0v) is 34.8. The van der Waals surface area contributed by atoms with E-state index < -0.39 is 87.8 Å². The predicted molar refractivity (Wildman–Crippen MR) is 217 cm³/mol. The summed E-state index contributed by atoms with van der Waals surface area (Å²) in [6, 6.07) is 12.2. The van der Waals surface area contributed by atoms with Gasteiger partial charge in [0.15, 0.2) is 11.5 Å². The lowest BCUT2D eigenvalue weighted by Gasteiger charge is -2.49. The van der Waals surface area contributed by atoms with Crippen molar-refractivity contribution in [1.82, 2.24) is 9.78 Å². The van der Waals surface area contributed by atoms with Gasteiger partial charge in [-0.2, -0.15) is 31.4 Å². The lowest BCUT2D eigenvalue weighted by atomic mass is 9.51. The number of carbonyl (C=O) groups is 4. The molecule has 0 spiro atoms. The molecule has 322 valence electrons. The number of ether oxygens (including phenoxy) is 1. The molecule has 1 N–H and O–H groups in total. The number of allylic oxidation sites excluding steroid dienone is 2. The molecule has 9 rings (SSSR count). The quantitative estimate of drug-likeness (QED) is 0.102. The summed E-state index contributed by atoms with van der Waals surface area (Å²) < 4.78 is 91.8. The van der Waals surface area contributed by atoms with Crippen LogP contribution in [0, 0.1) is 36.0 Å². The highest BCUT2D eigenvalue weighted by Gasteiger charge is 2.68. The van der Waals surface area contributed by atoms with Gasteiger partial charge in [-0.25, -0.2) is 9.80 Å². The Hall–Kier alpha value is -5.68. The van der Waals surface area contributed by atoms with Gasteiger partial charge in [-0.1, -0.05) is 29.3 Å². The van der Waals surface area contributed by atoms with Crippen LogP contribution in [0.3, 0.4) is 0 Å². The fourth-order valence-corrected chi connectivity index (χ4v) is 11.4. The monoisotopic (exact) mass is 896 g/mol. The van der Waals surface area contributed by atoms with E-state index in [4.69, 9.17) is 21.4 Å². The molecule has 6 atom stereocenters. The summed E-state index contributed by atoms with van der Waals surface area (Å²) in [5.41, 5.74) is -3.49. The van der Waals surface area contributed by atoms with Crippen molar-refractivity contribution in [3.05, 3.63) is 99.6 Å². The minimum Gasteiger partial charge on any atom is -0.504 e. The predicted octanol–water partition coefficient (Wildman–Crippen LogP) is 9.84. The number of halogens is 7. The van der Waals surface area contributed by atoms with Crippen LogP contribution in [0.1, 0.15) is 54.9 Å². The van der Waals surface area contributed by atoms with Crippen molar-refractivity contribution in [2.24, 2.45) is 36.1 Å². The van der Waals surface area contributed by atoms with Crippen molar-refractivity contribution < 1.29 is 55.4 Å². The van der Waals surface area contributed by atoms with Crippen LogP contribution in [-0.2, 0) is 38.6 Å². The summed E-state index contributed by atoms with van der Waals surface area (Å²) in [6.07, 6.45) is -9.08. The number of alkyl halides is 6. The summed E-state index contributed by atoms with van der Waals surface area (Å²) in [5.74, 6) is -8.72. The fraction of sp³-hybridized carbons (Fsp3) is 0.341. The third kappa shape index (κ3) is 6.16. The minimum atomic E-state index is -5.24. The lowest BCUT2D eigenvalue weighted by molar-refractivity contribution is -0.143. The van der Waals surface area contributed by atoms with E-state index in [0.29, 0.717) is 38.9 Å². The zero-order chi connectivity index (χ0) is 44.5. The molecule has 2 saturated heterocycles. The van der Waals surface area contributed by atoms with Gasteiger partial charge >= 0.3 is 12.4 Å². The molecule has 2 aliphatic heterocycles. The van der Waals surface area contributed by atoms with E-state index in [2.05, 4.69) is 0 Å². The van der Waals surface area contributed by atoms with Gasteiger partial charge in [0.1, 0.15) is 11.5 Å². The van der Waals surface area contributed by atoms with E-state index in [1.807, 2.05) is 19.1 Å². The molecule has 10 nitrogen and oxygen atoms in total. The van der Waals surface area contributed by atoms with Crippen molar-refractivity contribution >= 4 is 68.2 Å². The van der Waals surface area contributed by atoms with Gasteiger partial charge in [-0.15, -0.1) is 11.3 Å². The number of hydrogen-bond acceptors (Lipinski definition) is 8. The summed E-state index contributed by atoms with van der Waals surface area (Å²) in [5, 5.41) is 16.9. The highest BCUT2D eigenvalue weighted by atomic mass is 35.5. The van der Waals surface area contributed by atoms with Crippen LogP contribution in [0.4, 0.5) is 37.8 Å². The molecule has 18 heteroatoms. The van der Waals surface area contributed by atoms with Crippen molar-refractivity contribution in [2.75, 3.05) is 16.4 Å². The first-order valence-corrected chi connectivity index (χ1v) is 20.8. The Morgan fingerprint density at radius 3 is 2.26 bits per heavy atom. The molecule has 4 amide bonds. The molecular weight excluding hydrogens is 862 g/mol. The van der Waals surface area contributed by atoms with E-state index in [-0.39, 0.29) is 42.8 Å². The van der Waals surface area contributed by atoms with Crippen LogP contribution < -0.4 is 14.5 Å². The SMILES string of the molecule is CCOc1cc([C@H]2C3=CC[C@@H]4C(=O)N(c5cc(C(F)(F)F)cc(C(F)(F)F)c5)C(=O)[C@@H]4[C@@H]3C[C@H]3C(=O)N(c4cc(-c5sc6ccc(Cl)cc6c5C)nn4C)C(=O)[C@@]23C)ccc1O. The molecule has 4 aliphatic rings. The van der Waals surface area contributed by atoms with Crippen LogP contribution in [0.25, 0.3) is 20.7 Å². The van der Waals surface area contributed by atoms with Gasteiger partial charge in [0.25, 0.3) is 0 Å². The maximum atomic E-state index is 15.2. The van der Waals surface area contributed by atoms with Crippen LogP contribution in [-0.4, -0.2) is 45.1 Å². The van der Waals surface area contributed by atoms with E-state index in [1.165, 1.54) is 28.2 Å². The Morgan fingerprint density at radius 2 is 1.60 bits per heavy atom. The summed E-state index contributed by atoms with van der Waals surface area (Å²) in [7, 11) is 1.59. The maximum Gasteiger partial charge on any atom is 0.416 e. The molecule has 1 saturated carbocycles. The van der Waals surface area contributed by atoms with Gasteiger partial charge in [0.2, 0.25) is 23.6 Å². The number of phenols is 1. The lowest BCUT2D eigenvalue weighted by Crippen LogP contribution is -2.49. The Morgan fingerprint density at radius 1 is 0.903 bits per heavy atom. The number of rotatable bonds is 6. The highest BCUT2D eigenvalue weighted by molar-refractivity contribution is 7.22. The molecule has 0 radical (unpaired) electrons. The second kappa shape index (κ2) is 14.2. The molecule has 62 heavy (non-hydrogen) atoms. The number of fused-ring (bicyclic) bond motifs is 5. The third-order valence-electron chi connectivity index (χ3n) is 12.9. The molecular formula is C44H35ClF6N4O6S. The first-order valence-electron chi connectivity index (χ1n) is 19.6. The average Bonchev–Trinajstić information content (AvgIpc) is 3.88. The first kappa shape index (κ1) is 41.7. The number of imide groups is 2. The number of aryl methyl sites for hydroxylation is 2. The van der Waals surface area contributed by atoms with Gasteiger partial charge < -0.3 is 9.84 Å². The number of aromatic hydroxyl groups is 1. The number of phenolic OH excluding ortho intramolecular Hbond substituents is 1. The smallest absolute Gasteiger partial charge is 0.416 e. The van der Waals surface area contributed by atoms with Crippen LogP contribution in [0.15, 0.2) is 72.3 Å². The number of carbonyl (C=O) groups excluding carboxylic acids is 4. The summed E-state index contributed by atoms with van der Waals surface area (Å²) in [4.78, 5) is 61.0. The zero-order valence-electron chi connectivity index (χ0n) is 33.2. The minimum absolute atomic E-state index is 0.0785. The Balaban J connectivity index is 1.16. The van der Waals surface area contributed by atoms with Gasteiger partial charge in [0.05, 0.1) is 51.5 Å². The van der Waals surface area contributed by atoms with E-state index in [1.54, 1.807) is 45.2 Å². The summed E-state index contributed by atoms with van der Waals surface area (Å²) >= 11 is 7.75. The molecule has 0 bridgehead atoms. The van der Waals surface area contributed by atoms with Crippen molar-refractivity contribution in [3.63, 3.8) is 0 Å². The number of nitrogens with zero attached hydrogens (tertiary/aromatic N) is 4. The fourth-order valence-electron chi connectivity index (χ4n) is 10.1. The highest BCUT2D eigenvalue weighted by Crippen LogP contribution is 2.64. The topological polar surface area (TPSA) is 122 Å². The van der Waals surface area contributed by atoms with Gasteiger partial charge in [0, 0.05) is 28.8 Å². The Kier molecular flexibility index (Phi) is 9.52. The normalized spacial score (nSPS) is 25.1. The molecule has 2 aliphatic carbocycles. The largest absolute Gasteiger partial charge is 0.504 e. The molecule has 5 aromatic rings. The number of thiophene rings is 1. The summed E-state index contributed by atoms with van der Waals surface area (Å²) in [6.45, 7) is 5.43. The van der Waals surface area contributed by atoms with Gasteiger partial charge in [-0.05, 0) is 105 Å². The van der Waals surface area contributed by atoms with Crippen LogP contribution in [0.2, 0.25) is 5.02 Å². The Bertz CT molecular complexity index is 2780. The first-order chi connectivity index (χ1) is 29.1. The third-order valence-corrected chi connectivity index (χ3v) is 14.5. The number of amides is 4. The number of benzene rings is 3. The van der Waals surface area contributed by atoms with Crippen LogP contribution in [0.5, 0.6) is 11.5 Å². The van der Waals surface area contributed by atoms with Crippen molar-refractivity contribution in [3.8, 4) is 22.1 Å². The average molecular weight is 897 g/mol. The molecule has 3 fully saturated rings.